The van der Waals surface area contributed by atoms with Gasteiger partial charge in [0.05, 0.1) is 4.92 Å². The number of aliphatic hydroxyl groups excluding tert-OH is 1. The fraction of sp³-hybridized carbons (Fsp3) is 1.00. The molecule has 0 spiro atoms. The van der Waals surface area contributed by atoms with Crippen LogP contribution in [0.4, 0.5) is 0 Å². The van der Waals surface area contributed by atoms with E-state index in [1.165, 1.54) is 0 Å². The summed E-state index contributed by atoms with van der Waals surface area (Å²) in [5.41, 5.74) is 0. The highest BCUT2D eigenvalue weighted by atomic mass is 16.7. The lowest BCUT2D eigenvalue weighted by atomic mass is 10.0. The lowest BCUT2D eigenvalue weighted by Gasteiger charge is -2.07. The average molecular weight is 147 g/mol. The Hall–Kier alpha value is -0.640. The van der Waals surface area contributed by atoms with Crippen LogP contribution in [0.1, 0.15) is 26.7 Å². The Kier molecular flexibility index (Phi) is 3.95. The van der Waals surface area contributed by atoms with Gasteiger partial charge in [0.2, 0.25) is 0 Å². The van der Waals surface area contributed by atoms with Crippen molar-refractivity contribution in [3.8, 4) is 0 Å². The molecule has 10 heavy (non-hydrogen) atoms. The van der Waals surface area contributed by atoms with Gasteiger partial charge in [0.15, 0.2) is 0 Å². The van der Waals surface area contributed by atoms with Crippen LogP contribution in [0.2, 0.25) is 0 Å². The minimum absolute atomic E-state index is 0.223. The summed E-state index contributed by atoms with van der Waals surface area (Å²) in [5.74, 6) is 0.223. The van der Waals surface area contributed by atoms with Crippen molar-refractivity contribution in [1.29, 1.82) is 0 Å². The summed E-state index contributed by atoms with van der Waals surface area (Å²) in [6.45, 7) is 3.82. The predicted molar refractivity (Wildman–Crippen MR) is 37.1 cm³/mol. The quantitative estimate of drug-likeness (QED) is 0.367. The molecule has 0 saturated heterocycles. The van der Waals surface area contributed by atoms with Crippen molar-refractivity contribution in [3.05, 3.63) is 10.1 Å². The van der Waals surface area contributed by atoms with Gasteiger partial charge in [0, 0.05) is 6.42 Å². The fourth-order valence-corrected chi connectivity index (χ4v) is 0.613. The van der Waals surface area contributed by atoms with Crippen LogP contribution in [-0.4, -0.2) is 16.3 Å². The minimum Gasteiger partial charge on any atom is -0.333 e. The Morgan fingerprint density at radius 2 is 2.20 bits per heavy atom. The first-order valence-electron chi connectivity index (χ1n) is 3.39. The summed E-state index contributed by atoms with van der Waals surface area (Å²) in [5, 5.41) is 18.6. The molecule has 0 rings (SSSR count). The number of aliphatic hydroxyl groups is 1. The lowest BCUT2D eigenvalue weighted by molar-refractivity contribution is -0.572. The Morgan fingerprint density at radius 3 is 2.50 bits per heavy atom. The molecular weight excluding hydrogens is 134 g/mol. The number of nitrogens with zero attached hydrogens (tertiary/aromatic N) is 1. The first-order valence-corrected chi connectivity index (χ1v) is 3.39. The molecule has 0 aromatic heterocycles. The monoisotopic (exact) mass is 147 g/mol. The molecule has 0 amide bonds. The van der Waals surface area contributed by atoms with Crippen LogP contribution in [0, 0.1) is 16.0 Å². The maximum atomic E-state index is 9.91. The molecule has 0 saturated carbocycles. The van der Waals surface area contributed by atoms with Crippen LogP contribution in [0.3, 0.4) is 0 Å². The van der Waals surface area contributed by atoms with Crippen LogP contribution in [0.25, 0.3) is 0 Å². The van der Waals surface area contributed by atoms with Gasteiger partial charge in [0.1, 0.15) is 0 Å². The molecule has 0 aliphatic heterocycles. The van der Waals surface area contributed by atoms with Crippen molar-refractivity contribution in [3.63, 3.8) is 0 Å². The summed E-state index contributed by atoms with van der Waals surface area (Å²) in [4.78, 5) is 9.25. The molecule has 0 aliphatic carbocycles. The standard InChI is InChI=1S/C6H13NO3/c1-3-5(2)4-6(8)7(9)10/h5-6,8H,3-4H2,1-2H3. The van der Waals surface area contributed by atoms with Crippen molar-refractivity contribution < 1.29 is 10.0 Å². The number of nitro groups is 1. The zero-order valence-electron chi connectivity index (χ0n) is 6.28. The average Bonchev–Trinajstić information content (AvgIpc) is 1.87. The molecule has 0 heterocycles. The first-order chi connectivity index (χ1) is 4.57. The van der Waals surface area contributed by atoms with Crippen molar-refractivity contribution >= 4 is 0 Å². The van der Waals surface area contributed by atoms with E-state index in [4.69, 9.17) is 5.11 Å². The molecule has 0 aliphatic rings. The second-order valence-corrected chi connectivity index (χ2v) is 2.52. The van der Waals surface area contributed by atoms with Gasteiger partial charge in [0.25, 0.3) is 0 Å². The topological polar surface area (TPSA) is 63.4 Å². The second-order valence-electron chi connectivity index (χ2n) is 2.52. The number of hydrogen-bond donors (Lipinski definition) is 1. The highest BCUT2D eigenvalue weighted by Gasteiger charge is 2.17. The van der Waals surface area contributed by atoms with Crippen molar-refractivity contribution in [2.45, 2.75) is 32.9 Å². The van der Waals surface area contributed by atoms with Gasteiger partial charge in [-0.3, -0.25) is 10.1 Å². The number of hydrogen-bond acceptors (Lipinski definition) is 3. The van der Waals surface area contributed by atoms with E-state index in [1.54, 1.807) is 0 Å². The van der Waals surface area contributed by atoms with Gasteiger partial charge < -0.3 is 5.11 Å². The highest BCUT2D eigenvalue weighted by Crippen LogP contribution is 2.09. The van der Waals surface area contributed by atoms with E-state index in [0.29, 0.717) is 0 Å². The van der Waals surface area contributed by atoms with E-state index in [0.717, 1.165) is 6.42 Å². The Labute approximate surface area is 60.0 Å². The Morgan fingerprint density at radius 1 is 1.70 bits per heavy atom. The Balaban J connectivity index is 3.56. The maximum Gasteiger partial charge on any atom is 0.313 e. The van der Waals surface area contributed by atoms with Crippen LogP contribution in [0.15, 0.2) is 0 Å². The fourth-order valence-electron chi connectivity index (χ4n) is 0.613. The number of rotatable bonds is 4. The summed E-state index contributed by atoms with van der Waals surface area (Å²) >= 11 is 0. The molecule has 4 nitrogen and oxygen atoms in total. The molecule has 0 aromatic carbocycles. The Bertz CT molecular complexity index is 116. The van der Waals surface area contributed by atoms with Crippen LogP contribution in [-0.2, 0) is 0 Å². The second kappa shape index (κ2) is 4.22. The SMILES string of the molecule is CCC(C)CC(O)[N+](=O)[O-]. The molecule has 0 bridgehead atoms. The molecule has 2 atom stereocenters. The van der Waals surface area contributed by atoms with E-state index in [2.05, 4.69) is 0 Å². The van der Waals surface area contributed by atoms with Gasteiger partial charge in [-0.15, -0.1) is 0 Å². The molecule has 0 radical (unpaired) electrons. The van der Waals surface area contributed by atoms with Crippen LogP contribution >= 0.6 is 0 Å². The molecule has 0 fully saturated rings. The zero-order chi connectivity index (χ0) is 8.15. The van der Waals surface area contributed by atoms with E-state index in [9.17, 15) is 10.1 Å². The zero-order valence-corrected chi connectivity index (χ0v) is 6.28. The first kappa shape index (κ1) is 9.36. The van der Waals surface area contributed by atoms with E-state index >= 15 is 0 Å². The van der Waals surface area contributed by atoms with Gasteiger partial charge in [-0.25, -0.2) is 0 Å². The molecule has 0 aromatic rings. The summed E-state index contributed by atoms with van der Waals surface area (Å²) in [6.07, 6.45) is -0.260. The normalized spacial score (nSPS) is 16.3. The summed E-state index contributed by atoms with van der Waals surface area (Å²) < 4.78 is 0. The largest absolute Gasteiger partial charge is 0.333 e. The predicted octanol–water partition coefficient (Wildman–Crippen LogP) is 1.02. The highest BCUT2D eigenvalue weighted by molar-refractivity contribution is 4.50. The summed E-state index contributed by atoms with van der Waals surface area (Å²) in [7, 11) is 0. The lowest BCUT2D eigenvalue weighted by Crippen LogP contribution is -2.20. The molecule has 2 unspecified atom stereocenters. The molecule has 60 valence electrons. The third-order valence-corrected chi connectivity index (χ3v) is 1.55. The van der Waals surface area contributed by atoms with Gasteiger partial charge in [-0.2, -0.15) is 0 Å². The molecule has 1 N–H and O–H groups in total. The smallest absolute Gasteiger partial charge is 0.313 e. The maximum absolute atomic E-state index is 9.91. The third-order valence-electron chi connectivity index (χ3n) is 1.55. The van der Waals surface area contributed by atoms with Crippen molar-refractivity contribution in [1.82, 2.24) is 0 Å². The van der Waals surface area contributed by atoms with Gasteiger partial charge in [-0.1, -0.05) is 20.3 Å². The van der Waals surface area contributed by atoms with Crippen molar-refractivity contribution in [2.24, 2.45) is 5.92 Å². The van der Waals surface area contributed by atoms with Crippen LogP contribution < -0.4 is 0 Å². The minimum atomic E-state index is -1.38. The van der Waals surface area contributed by atoms with E-state index < -0.39 is 11.2 Å². The third kappa shape index (κ3) is 3.40. The van der Waals surface area contributed by atoms with E-state index in [-0.39, 0.29) is 12.3 Å². The van der Waals surface area contributed by atoms with Gasteiger partial charge >= 0.3 is 6.23 Å². The summed E-state index contributed by atoms with van der Waals surface area (Å²) in [6, 6.07) is 0. The van der Waals surface area contributed by atoms with Gasteiger partial charge in [-0.05, 0) is 5.92 Å². The van der Waals surface area contributed by atoms with Crippen LogP contribution in [0.5, 0.6) is 0 Å². The van der Waals surface area contributed by atoms with Crippen molar-refractivity contribution in [2.75, 3.05) is 0 Å². The molecule has 4 heteroatoms. The van der Waals surface area contributed by atoms with E-state index in [1.807, 2.05) is 13.8 Å². The molecular formula is C6H13NO3.